The molecule has 2 N–H and O–H groups in total. The number of carbonyl (C=O) groups excluding carboxylic acids is 1. The summed E-state index contributed by atoms with van der Waals surface area (Å²) in [5.41, 5.74) is 6.91. The quantitative estimate of drug-likeness (QED) is 0.866. The maximum atomic E-state index is 13.0. The Bertz CT molecular complexity index is 554. The van der Waals surface area contributed by atoms with Crippen LogP contribution < -0.4 is 5.73 Å². The van der Waals surface area contributed by atoms with Gasteiger partial charge in [0, 0.05) is 19.2 Å². The number of carbonyl (C=O) groups is 1. The third kappa shape index (κ3) is 2.68. The maximum absolute atomic E-state index is 13.0. The Morgan fingerprint density at radius 3 is 2.83 bits per heavy atom. The second-order valence-corrected chi connectivity index (χ2v) is 4.81. The Balaban J connectivity index is 2.12. The predicted molar refractivity (Wildman–Crippen MR) is 70.9 cm³/mol. The van der Waals surface area contributed by atoms with E-state index in [0.29, 0.717) is 12.1 Å². The Morgan fingerprint density at radius 2 is 2.22 bits per heavy atom. The van der Waals surface area contributed by atoms with E-state index >= 15 is 0 Å². The van der Waals surface area contributed by atoms with Gasteiger partial charge in [0.2, 0.25) is 0 Å². The van der Waals surface area contributed by atoms with Crippen LogP contribution in [0.5, 0.6) is 0 Å². The molecule has 5 heteroatoms. The van der Waals surface area contributed by atoms with Crippen LogP contribution in [0.15, 0.2) is 35.0 Å². The van der Waals surface area contributed by atoms with Gasteiger partial charge in [-0.1, -0.05) is 0 Å². The fourth-order valence-electron chi connectivity index (χ4n) is 1.63. The smallest absolute Gasteiger partial charge is 0.253 e. The lowest BCUT2D eigenvalue weighted by molar-refractivity contribution is 0.0785. The molecule has 0 saturated heterocycles. The number of nitrogens with two attached hydrogens (primary N) is 1. The van der Waals surface area contributed by atoms with E-state index in [1.165, 1.54) is 18.2 Å². The van der Waals surface area contributed by atoms with Crippen molar-refractivity contribution in [2.24, 2.45) is 0 Å². The van der Waals surface area contributed by atoms with Crippen LogP contribution in [0.2, 0.25) is 0 Å². The average Bonchev–Trinajstić information content (AvgIpc) is 2.84. The molecule has 1 aromatic carbocycles. The molecule has 0 unspecified atom stereocenters. The molecule has 0 fully saturated rings. The summed E-state index contributed by atoms with van der Waals surface area (Å²) in [5.74, 6) is -0.681. The minimum Gasteiger partial charge on any atom is -0.396 e. The van der Waals surface area contributed by atoms with Crippen LogP contribution in [-0.4, -0.2) is 17.9 Å². The summed E-state index contributed by atoms with van der Waals surface area (Å²) in [6.45, 7) is 0.527. The summed E-state index contributed by atoms with van der Waals surface area (Å²) in [6.07, 6.45) is 0. The van der Waals surface area contributed by atoms with Crippen molar-refractivity contribution in [3.63, 3.8) is 0 Å². The molecule has 18 heavy (non-hydrogen) atoms. The molecule has 0 saturated carbocycles. The predicted octanol–water partition coefficient (Wildman–Crippen LogP) is 2.74. The number of amides is 1. The number of anilines is 1. The van der Waals surface area contributed by atoms with Gasteiger partial charge in [-0.25, -0.2) is 4.39 Å². The molecule has 0 atom stereocenters. The molecular formula is C13H13FN2OS. The van der Waals surface area contributed by atoms with Crippen molar-refractivity contribution in [3.05, 3.63) is 52.0 Å². The van der Waals surface area contributed by atoms with Crippen LogP contribution in [0.4, 0.5) is 10.1 Å². The highest BCUT2D eigenvalue weighted by Gasteiger charge is 2.13. The molecule has 1 aromatic heterocycles. The van der Waals surface area contributed by atoms with Gasteiger partial charge in [0.05, 0.1) is 5.69 Å². The van der Waals surface area contributed by atoms with Gasteiger partial charge in [0.15, 0.2) is 0 Å². The normalized spacial score (nSPS) is 10.3. The fourth-order valence-corrected chi connectivity index (χ4v) is 2.29. The highest BCUT2D eigenvalue weighted by Crippen LogP contribution is 2.15. The van der Waals surface area contributed by atoms with Gasteiger partial charge in [0.1, 0.15) is 5.82 Å². The van der Waals surface area contributed by atoms with Crippen molar-refractivity contribution in [2.45, 2.75) is 6.54 Å². The number of benzene rings is 1. The van der Waals surface area contributed by atoms with Crippen LogP contribution >= 0.6 is 11.3 Å². The van der Waals surface area contributed by atoms with Gasteiger partial charge < -0.3 is 10.6 Å². The first-order valence-electron chi connectivity index (χ1n) is 5.39. The van der Waals surface area contributed by atoms with E-state index in [0.717, 1.165) is 5.56 Å². The molecule has 0 aliphatic carbocycles. The van der Waals surface area contributed by atoms with E-state index in [2.05, 4.69) is 0 Å². The monoisotopic (exact) mass is 264 g/mol. The van der Waals surface area contributed by atoms with E-state index in [-0.39, 0.29) is 11.6 Å². The number of hydrogen-bond donors (Lipinski definition) is 1. The zero-order valence-electron chi connectivity index (χ0n) is 9.89. The number of nitrogen functional groups attached to an aromatic ring is 1. The number of nitrogens with zero attached hydrogens (tertiary/aromatic N) is 1. The third-order valence-electron chi connectivity index (χ3n) is 2.59. The summed E-state index contributed by atoms with van der Waals surface area (Å²) in [7, 11) is 1.71. The fraction of sp³-hybridized carbons (Fsp3) is 0.154. The molecule has 1 heterocycles. The Morgan fingerprint density at radius 1 is 1.44 bits per heavy atom. The molecule has 0 aliphatic rings. The molecule has 3 nitrogen and oxygen atoms in total. The third-order valence-corrected chi connectivity index (χ3v) is 3.32. The van der Waals surface area contributed by atoms with Crippen molar-refractivity contribution >= 4 is 22.9 Å². The van der Waals surface area contributed by atoms with Crippen LogP contribution in [0.3, 0.4) is 0 Å². The lowest BCUT2D eigenvalue weighted by atomic mass is 10.1. The van der Waals surface area contributed by atoms with E-state index in [1.54, 1.807) is 23.3 Å². The second kappa shape index (κ2) is 5.18. The molecule has 2 aromatic rings. The first-order chi connectivity index (χ1) is 8.58. The molecule has 0 aliphatic heterocycles. The molecule has 1 amide bonds. The van der Waals surface area contributed by atoms with Crippen LogP contribution in [0.25, 0.3) is 0 Å². The highest BCUT2D eigenvalue weighted by atomic mass is 32.1. The zero-order chi connectivity index (χ0) is 13.1. The van der Waals surface area contributed by atoms with Crippen molar-refractivity contribution in [2.75, 3.05) is 12.8 Å². The van der Waals surface area contributed by atoms with Crippen molar-refractivity contribution in [3.8, 4) is 0 Å². The van der Waals surface area contributed by atoms with Gasteiger partial charge in [-0.05, 0) is 40.6 Å². The number of hydrogen-bond acceptors (Lipinski definition) is 3. The van der Waals surface area contributed by atoms with Crippen molar-refractivity contribution < 1.29 is 9.18 Å². The molecule has 0 radical (unpaired) electrons. The summed E-state index contributed by atoms with van der Waals surface area (Å²) < 4.78 is 13.0. The SMILES string of the molecule is CN(Cc1ccsc1)C(=O)c1ccc(F)c(N)c1. The van der Waals surface area contributed by atoms with E-state index in [1.807, 2.05) is 16.8 Å². The van der Waals surface area contributed by atoms with Gasteiger partial charge in [-0.3, -0.25) is 4.79 Å². The number of halogens is 1. The molecular weight excluding hydrogens is 251 g/mol. The highest BCUT2D eigenvalue weighted by molar-refractivity contribution is 7.07. The van der Waals surface area contributed by atoms with Gasteiger partial charge >= 0.3 is 0 Å². The van der Waals surface area contributed by atoms with E-state index < -0.39 is 5.82 Å². The summed E-state index contributed by atoms with van der Waals surface area (Å²) in [5, 5.41) is 3.95. The summed E-state index contributed by atoms with van der Waals surface area (Å²) in [6, 6.07) is 5.98. The largest absolute Gasteiger partial charge is 0.396 e. The summed E-state index contributed by atoms with van der Waals surface area (Å²) in [4.78, 5) is 13.7. The van der Waals surface area contributed by atoms with Crippen LogP contribution in [0.1, 0.15) is 15.9 Å². The van der Waals surface area contributed by atoms with E-state index in [4.69, 9.17) is 5.73 Å². The molecule has 2 rings (SSSR count). The van der Waals surface area contributed by atoms with Gasteiger partial charge in [-0.2, -0.15) is 11.3 Å². The first kappa shape index (κ1) is 12.6. The minimum atomic E-state index is -0.507. The first-order valence-corrected chi connectivity index (χ1v) is 6.34. The standard InChI is InChI=1S/C13H13FN2OS/c1-16(7-9-4-5-18-8-9)13(17)10-2-3-11(14)12(15)6-10/h2-6,8H,7,15H2,1H3. The van der Waals surface area contributed by atoms with E-state index in [9.17, 15) is 9.18 Å². The summed E-state index contributed by atoms with van der Waals surface area (Å²) >= 11 is 1.59. The number of rotatable bonds is 3. The van der Waals surface area contributed by atoms with Crippen LogP contribution in [0, 0.1) is 5.82 Å². The molecule has 94 valence electrons. The lowest BCUT2D eigenvalue weighted by Crippen LogP contribution is -2.26. The maximum Gasteiger partial charge on any atom is 0.253 e. The lowest BCUT2D eigenvalue weighted by Gasteiger charge is -2.16. The van der Waals surface area contributed by atoms with Crippen LogP contribution in [-0.2, 0) is 6.54 Å². The second-order valence-electron chi connectivity index (χ2n) is 4.03. The molecule has 0 bridgehead atoms. The van der Waals surface area contributed by atoms with Crippen molar-refractivity contribution in [1.82, 2.24) is 4.90 Å². The molecule has 0 spiro atoms. The number of thiophene rings is 1. The Kier molecular flexibility index (Phi) is 3.62. The Labute approximate surface area is 109 Å². The van der Waals surface area contributed by atoms with Gasteiger partial charge in [0.25, 0.3) is 5.91 Å². The Hall–Kier alpha value is -1.88. The van der Waals surface area contributed by atoms with Crippen molar-refractivity contribution in [1.29, 1.82) is 0 Å². The minimum absolute atomic E-state index is 0.00946. The van der Waals surface area contributed by atoms with Gasteiger partial charge in [-0.15, -0.1) is 0 Å². The topological polar surface area (TPSA) is 46.3 Å². The average molecular weight is 264 g/mol. The zero-order valence-corrected chi connectivity index (χ0v) is 10.7.